The van der Waals surface area contributed by atoms with Gasteiger partial charge < -0.3 is 18.6 Å². The Bertz CT molecular complexity index is 1930. The number of nitro benzene ring substituents is 1. The number of hydrogen-bond acceptors (Lipinski definition) is 10. The number of hydrogen-bond donors (Lipinski definition) is 0. The molecule has 0 aliphatic heterocycles. The van der Waals surface area contributed by atoms with Gasteiger partial charge in [0.25, 0.3) is 5.56 Å². The van der Waals surface area contributed by atoms with Crippen LogP contribution in [0.25, 0.3) is 33.5 Å². The second kappa shape index (κ2) is 11.8. The van der Waals surface area contributed by atoms with Crippen molar-refractivity contribution < 1.29 is 28.3 Å². The van der Waals surface area contributed by atoms with Crippen LogP contribution in [0.2, 0.25) is 0 Å². The molecular formula is C29H23BrN4O8. The molecule has 0 bridgehead atoms. The standard InChI is InChI=1S/C29H23BrN4O8/c1-16(2)41-26(35)15-40-27-22(34(37)38)10-17(11-24(27)39-3)14-31-33-28(32-21-7-5-4-6-20(21)29(33)36)25-13-18-12-19(30)8-9-23(18)42-25/h4-14,16H,15H2,1-3H3. The van der Waals surface area contributed by atoms with Crippen molar-refractivity contribution in [3.8, 4) is 23.1 Å². The van der Waals surface area contributed by atoms with Crippen molar-refractivity contribution in [1.29, 1.82) is 0 Å². The zero-order chi connectivity index (χ0) is 30.0. The Morgan fingerprint density at radius 1 is 1.19 bits per heavy atom. The zero-order valence-corrected chi connectivity index (χ0v) is 24.2. The van der Waals surface area contributed by atoms with Crippen LogP contribution in [0.3, 0.4) is 0 Å². The van der Waals surface area contributed by atoms with Gasteiger partial charge in [0.2, 0.25) is 11.6 Å². The summed E-state index contributed by atoms with van der Waals surface area (Å²) in [5.74, 6) is -0.536. The minimum atomic E-state index is -0.694. The molecule has 2 heterocycles. The highest BCUT2D eigenvalue weighted by molar-refractivity contribution is 9.10. The average molecular weight is 635 g/mol. The van der Waals surface area contributed by atoms with Gasteiger partial charge >= 0.3 is 11.7 Å². The van der Waals surface area contributed by atoms with Crippen LogP contribution in [0, 0.1) is 10.1 Å². The Labute approximate surface area is 246 Å². The first kappa shape index (κ1) is 28.5. The van der Waals surface area contributed by atoms with Crippen LogP contribution in [-0.2, 0) is 9.53 Å². The molecule has 13 heteroatoms. The third kappa shape index (κ3) is 5.86. The molecule has 0 aliphatic rings. The minimum Gasteiger partial charge on any atom is -0.493 e. The summed E-state index contributed by atoms with van der Waals surface area (Å²) in [4.78, 5) is 41.4. The van der Waals surface area contributed by atoms with Crippen LogP contribution in [0.4, 0.5) is 5.69 Å². The normalized spacial score (nSPS) is 11.5. The molecule has 0 saturated carbocycles. The van der Waals surface area contributed by atoms with Gasteiger partial charge in [0, 0.05) is 21.5 Å². The first-order chi connectivity index (χ1) is 20.1. The number of halogens is 1. The molecule has 0 amide bonds. The highest BCUT2D eigenvalue weighted by atomic mass is 79.9. The lowest BCUT2D eigenvalue weighted by atomic mass is 10.2. The first-order valence-corrected chi connectivity index (χ1v) is 13.4. The van der Waals surface area contributed by atoms with Gasteiger partial charge in [-0.3, -0.25) is 14.9 Å². The monoisotopic (exact) mass is 634 g/mol. The summed E-state index contributed by atoms with van der Waals surface area (Å²) in [6.07, 6.45) is 0.878. The fourth-order valence-corrected chi connectivity index (χ4v) is 4.56. The van der Waals surface area contributed by atoms with Crippen LogP contribution in [0.15, 0.2) is 79.4 Å². The molecule has 12 nitrogen and oxygen atoms in total. The van der Waals surface area contributed by atoms with Gasteiger partial charge in [-0.2, -0.15) is 9.78 Å². The third-order valence-corrected chi connectivity index (χ3v) is 6.44. The molecule has 0 atom stereocenters. The minimum absolute atomic E-state index is 0.0185. The summed E-state index contributed by atoms with van der Waals surface area (Å²) in [6.45, 7) is 2.78. The number of nitro groups is 1. The van der Waals surface area contributed by atoms with Crippen molar-refractivity contribution in [2.45, 2.75) is 20.0 Å². The maximum atomic E-state index is 13.6. The fraction of sp³-hybridized carbons (Fsp3) is 0.172. The van der Waals surface area contributed by atoms with E-state index in [1.54, 1.807) is 50.2 Å². The van der Waals surface area contributed by atoms with Gasteiger partial charge in [0.05, 0.1) is 35.3 Å². The van der Waals surface area contributed by atoms with Crippen molar-refractivity contribution in [2.24, 2.45) is 5.10 Å². The smallest absolute Gasteiger partial charge is 0.344 e. The van der Waals surface area contributed by atoms with Crippen LogP contribution in [-0.4, -0.2) is 46.6 Å². The van der Waals surface area contributed by atoms with E-state index in [0.717, 1.165) is 14.5 Å². The van der Waals surface area contributed by atoms with Gasteiger partial charge in [0.15, 0.2) is 18.1 Å². The van der Waals surface area contributed by atoms with Crippen LogP contribution in [0.1, 0.15) is 19.4 Å². The molecule has 5 rings (SSSR count). The molecule has 0 fully saturated rings. The quantitative estimate of drug-likeness (QED) is 0.0861. The molecule has 2 aromatic heterocycles. The molecule has 3 aromatic carbocycles. The van der Waals surface area contributed by atoms with E-state index in [1.165, 1.54) is 25.5 Å². The van der Waals surface area contributed by atoms with Gasteiger partial charge in [-0.25, -0.2) is 9.78 Å². The molecule has 0 aliphatic carbocycles. The van der Waals surface area contributed by atoms with E-state index in [9.17, 15) is 19.7 Å². The van der Waals surface area contributed by atoms with Crippen molar-refractivity contribution in [3.63, 3.8) is 0 Å². The number of benzene rings is 3. The third-order valence-electron chi connectivity index (χ3n) is 5.95. The number of aromatic nitrogens is 2. The summed E-state index contributed by atoms with van der Waals surface area (Å²) in [5.41, 5.74) is 0.300. The number of carbonyl (C=O) groups excluding carboxylic acids is 1. The lowest BCUT2D eigenvalue weighted by Gasteiger charge is -2.13. The second-order valence-corrected chi connectivity index (χ2v) is 10.2. The van der Waals surface area contributed by atoms with Crippen molar-refractivity contribution in [3.05, 3.63) is 91.2 Å². The van der Waals surface area contributed by atoms with Crippen molar-refractivity contribution >= 4 is 55.7 Å². The summed E-state index contributed by atoms with van der Waals surface area (Å²) >= 11 is 3.44. The Hall–Kier alpha value is -5.04. The van der Waals surface area contributed by atoms with E-state index >= 15 is 0 Å². The molecule has 0 radical (unpaired) electrons. The second-order valence-electron chi connectivity index (χ2n) is 9.26. The number of esters is 1. The van der Waals surface area contributed by atoms with Crippen molar-refractivity contribution in [1.82, 2.24) is 9.66 Å². The summed E-state index contributed by atoms with van der Waals surface area (Å²) in [5, 5.41) is 17.4. The van der Waals surface area contributed by atoms with E-state index in [2.05, 4.69) is 26.0 Å². The fourth-order valence-electron chi connectivity index (χ4n) is 4.18. The number of para-hydroxylation sites is 1. The number of methoxy groups -OCH3 is 1. The van der Waals surface area contributed by atoms with Crippen molar-refractivity contribution in [2.75, 3.05) is 13.7 Å². The molecule has 5 aromatic rings. The number of fused-ring (bicyclic) bond motifs is 2. The number of furan rings is 1. The molecule has 214 valence electrons. The highest BCUT2D eigenvalue weighted by Gasteiger charge is 2.24. The molecule has 0 saturated heterocycles. The zero-order valence-electron chi connectivity index (χ0n) is 22.6. The van der Waals surface area contributed by atoms with Gasteiger partial charge in [0.1, 0.15) is 5.58 Å². The number of ether oxygens (including phenoxy) is 3. The Kier molecular flexibility index (Phi) is 8.02. The van der Waals surface area contributed by atoms with Crippen LogP contribution >= 0.6 is 15.9 Å². The maximum absolute atomic E-state index is 13.6. The topological polar surface area (TPSA) is 148 Å². The predicted octanol–water partition coefficient (Wildman–Crippen LogP) is 5.70. The van der Waals surface area contributed by atoms with E-state index in [1.807, 2.05) is 12.1 Å². The van der Waals surface area contributed by atoms with Crippen LogP contribution < -0.4 is 15.0 Å². The van der Waals surface area contributed by atoms with Gasteiger partial charge in [-0.1, -0.05) is 28.1 Å². The molecule has 0 spiro atoms. The lowest BCUT2D eigenvalue weighted by molar-refractivity contribution is -0.385. The Morgan fingerprint density at radius 3 is 2.71 bits per heavy atom. The molecule has 0 unspecified atom stereocenters. The number of rotatable bonds is 9. The predicted molar refractivity (Wildman–Crippen MR) is 158 cm³/mol. The largest absolute Gasteiger partial charge is 0.493 e. The number of nitrogens with zero attached hydrogens (tertiary/aromatic N) is 4. The van der Waals surface area contributed by atoms with E-state index in [4.69, 9.17) is 18.6 Å². The average Bonchev–Trinajstić information content (AvgIpc) is 3.38. The number of carbonyl (C=O) groups is 1. The van der Waals surface area contributed by atoms with Crippen LogP contribution in [0.5, 0.6) is 11.5 Å². The van der Waals surface area contributed by atoms with E-state index in [-0.39, 0.29) is 29.0 Å². The Balaban J connectivity index is 1.60. The summed E-state index contributed by atoms with van der Waals surface area (Å²) in [6, 6.07) is 16.6. The first-order valence-electron chi connectivity index (χ1n) is 12.6. The lowest BCUT2D eigenvalue weighted by Crippen LogP contribution is -2.20. The molecular weight excluding hydrogens is 612 g/mol. The molecule has 0 N–H and O–H groups in total. The van der Waals surface area contributed by atoms with E-state index in [0.29, 0.717) is 22.2 Å². The summed E-state index contributed by atoms with van der Waals surface area (Å²) < 4.78 is 23.7. The van der Waals surface area contributed by atoms with Gasteiger partial charge in [-0.15, -0.1) is 0 Å². The SMILES string of the molecule is COc1cc(C=Nn2c(-c3cc4cc(Br)ccc4o3)nc3ccccc3c2=O)cc([N+](=O)[O-])c1OCC(=O)OC(C)C. The van der Waals surface area contributed by atoms with Gasteiger partial charge in [-0.05, 0) is 56.3 Å². The highest BCUT2D eigenvalue weighted by Crippen LogP contribution is 2.38. The summed E-state index contributed by atoms with van der Waals surface area (Å²) in [7, 11) is 1.30. The Morgan fingerprint density at radius 2 is 1.98 bits per heavy atom. The molecule has 42 heavy (non-hydrogen) atoms. The van der Waals surface area contributed by atoms with E-state index < -0.39 is 28.7 Å². The maximum Gasteiger partial charge on any atom is 0.344 e.